The van der Waals surface area contributed by atoms with Crippen LogP contribution < -0.4 is 10.1 Å². The quantitative estimate of drug-likeness (QED) is 0.840. The second kappa shape index (κ2) is 9.40. The molecular weight excluding hydrogens is 352 g/mol. The Bertz CT molecular complexity index is 819. The molecule has 0 radical (unpaired) electrons. The summed E-state index contributed by atoms with van der Waals surface area (Å²) in [5, 5.41) is 2.84. The van der Waals surface area contributed by atoms with Crippen molar-refractivity contribution in [2.24, 2.45) is 0 Å². The smallest absolute Gasteiger partial charge is 0.262 e. The zero-order chi connectivity index (χ0) is 19.9. The van der Waals surface area contributed by atoms with Crippen molar-refractivity contribution in [3.63, 3.8) is 0 Å². The lowest BCUT2D eigenvalue weighted by Crippen LogP contribution is -2.33. The van der Waals surface area contributed by atoms with E-state index in [4.69, 9.17) is 4.74 Å². The first kappa shape index (κ1) is 19.9. The Labute approximate surface area is 166 Å². The van der Waals surface area contributed by atoms with E-state index in [9.17, 15) is 9.59 Å². The third-order valence-electron chi connectivity index (χ3n) is 5.08. The van der Waals surface area contributed by atoms with Crippen molar-refractivity contribution >= 4 is 17.5 Å². The second-order valence-electron chi connectivity index (χ2n) is 7.31. The molecule has 5 nitrogen and oxygen atoms in total. The van der Waals surface area contributed by atoms with Crippen molar-refractivity contribution < 1.29 is 14.3 Å². The molecule has 1 fully saturated rings. The Morgan fingerprint density at radius 2 is 1.57 bits per heavy atom. The summed E-state index contributed by atoms with van der Waals surface area (Å²) in [7, 11) is 0. The fourth-order valence-electron chi connectivity index (χ4n) is 3.57. The number of nitrogens with zero attached hydrogens (tertiary/aromatic N) is 1. The van der Waals surface area contributed by atoms with E-state index in [2.05, 4.69) is 5.32 Å². The Hall–Kier alpha value is -2.82. The monoisotopic (exact) mass is 380 g/mol. The largest absolute Gasteiger partial charge is 0.483 e. The maximum Gasteiger partial charge on any atom is 0.262 e. The molecule has 0 aromatic heterocycles. The molecule has 1 aliphatic rings. The van der Waals surface area contributed by atoms with E-state index in [-0.39, 0.29) is 18.4 Å². The van der Waals surface area contributed by atoms with Gasteiger partial charge in [-0.25, -0.2) is 0 Å². The van der Waals surface area contributed by atoms with E-state index < -0.39 is 0 Å². The number of para-hydroxylation sites is 2. The highest BCUT2D eigenvalue weighted by Gasteiger charge is 2.20. The van der Waals surface area contributed by atoms with Crippen LogP contribution in [0.4, 0.5) is 5.69 Å². The molecule has 0 aliphatic carbocycles. The van der Waals surface area contributed by atoms with Crippen LogP contribution in [0.3, 0.4) is 0 Å². The van der Waals surface area contributed by atoms with Gasteiger partial charge in [-0.1, -0.05) is 43.2 Å². The fourth-order valence-corrected chi connectivity index (χ4v) is 3.57. The molecule has 1 aliphatic heterocycles. The van der Waals surface area contributed by atoms with Crippen molar-refractivity contribution in [2.75, 3.05) is 25.0 Å². The standard InChI is InChI=1S/C23H28N2O3/c1-17-10-9-11-18(2)22(17)28-16-21(26)24-20-13-6-5-12-19(20)23(27)25-14-7-3-4-8-15-25/h5-6,9-13H,3-4,7-8,14-16H2,1-2H3,(H,24,26). The van der Waals surface area contributed by atoms with Gasteiger partial charge >= 0.3 is 0 Å². The minimum absolute atomic E-state index is 0.0199. The van der Waals surface area contributed by atoms with E-state index in [0.717, 1.165) is 55.6 Å². The van der Waals surface area contributed by atoms with Gasteiger partial charge in [-0.15, -0.1) is 0 Å². The molecule has 0 atom stereocenters. The average Bonchev–Trinajstić information content (AvgIpc) is 2.97. The SMILES string of the molecule is Cc1cccc(C)c1OCC(=O)Nc1ccccc1C(=O)N1CCCCCC1. The van der Waals surface area contributed by atoms with Crippen LogP contribution in [0.5, 0.6) is 5.75 Å². The van der Waals surface area contributed by atoms with Gasteiger partial charge in [0, 0.05) is 13.1 Å². The van der Waals surface area contributed by atoms with Gasteiger partial charge in [0.15, 0.2) is 6.61 Å². The number of amides is 2. The molecule has 0 spiro atoms. The van der Waals surface area contributed by atoms with Gasteiger partial charge in [-0.2, -0.15) is 0 Å². The number of hydrogen-bond acceptors (Lipinski definition) is 3. The van der Waals surface area contributed by atoms with Crippen molar-refractivity contribution in [3.8, 4) is 5.75 Å². The summed E-state index contributed by atoms with van der Waals surface area (Å²) in [6, 6.07) is 13.1. The van der Waals surface area contributed by atoms with Gasteiger partial charge in [0.1, 0.15) is 5.75 Å². The van der Waals surface area contributed by atoms with Gasteiger partial charge in [-0.05, 0) is 49.9 Å². The predicted molar refractivity (Wildman–Crippen MR) is 111 cm³/mol. The number of nitrogens with one attached hydrogen (secondary N) is 1. The summed E-state index contributed by atoms with van der Waals surface area (Å²) >= 11 is 0. The molecule has 1 heterocycles. The molecule has 3 rings (SSSR count). The number of aryl methyl sites for hydroxylation is 2. The summed E-state index contributed by atoms with van der Waals surface area (Å²) in [5.41, 5.74) is 3.05. The van der Waals surface area contributed by atoms with E-state index in [1.54, 1.807) is 12.1 Å². The van der Waals surface area contributed by atoms with Crippen molar-refractivity contribution in [1.29, 1.82) is 0 Å². The number of rotatable bonds is 5. The van der Waals surface area contributed by atoms with Crippen LogP contribution >= 0.6 is 0 Å². The zero-order valence-electron chi connectivity index (χ0n) is 16.7. The van der Waals surface area contributed by atoms with Crippen LogP contribution in [0.2, 0.25) is 0 Å². The normalized spacial score (nSPS) is 14.3. The lowest BCUT2D eigenvalue weighted by Gasteiger charge is -2.22. The van der Waals surface area contributed by atoms with Crippen molar-refractivity contribution in [3.05, 3.63) is 59.2 Å². The molecule has 28 heavy (non-hydrogen) atoms. The number of carbonyl (C=O) groups excluding carboxylic acids is 2. The maximum atomic E-state index is 13.0. The summed E-state index contributed by atoms with van der Waals surface area (Å²) in [6.07, 6.45) is 4.39. The Balaban J connectivity index is 1.67. The van der Waals surface area contributed by atoms with Gasteiger partial charge in [0.25, 0.3) is 11.8 Å². The Kier molecular flexibility index (Phi) is 6.69. The molecule has 0 unspecified atom stereocenters. The zero-order valence-corrected chi connectivity index (χ0v) is 16.7. The first-order valence-corrected chi connectivity index (χ1v) is 9.93. The number of likely N-dealkylation sites (tertiary alicyclic amines) is 1. The third-order valence-corrected chi connectivity index (χ3v) is 5.08. The molecule has 0 bridgehead atoms. The molecule has 1 saturated heterocycles. The fraction of sp³-hybridized carbons (Fsp3) is 0.391. The summed E-state index contributed by atoms with van der Waals surface area (Å²) in [5.74, 6) is 0.429. The molecule has 148 valence electrons. The number of anilines is 1. The lowest BCUT2D eigenvalue weighted by atomic mass is 10.1. The first-order chi connectivity index (χ1) is 13.6. The Morgan fingerprint density at radius 3 is 2.25 bits per heavy atom. The molecule has 2 aromatic rings. The van der Waals surface area contributed by atoms with E-state index in [1.165, 1.54) is 0 Å². The molecule has 2 amide bonds. The van der Waals surface area contributed by atoms with Gasteiger partial charge in [-0.3, -0.25) is 9.59 Å². The van der Waals surface area contributed by atoms with Gasteiger partial charge in [0.05, 0.1) is 11.3 Å². The summed E-state index contributed by atoms with van der Waals surface area (Å²) < 4.78 is 5.73. The van der Waals surface area contributed by atoms with Gasteiger partial charge in [0.2, 0.25) is 0 Å². The minimum atomic E-state index is -0.279. The van der Waals surface area contributed by atoms with Crippen LogP contribution in [-0.2, 0) is 4.79 Å². The number of ether oxygens (including phenoxy) is 1. The lowest BCUT2D eigenvalue weighted by molar-refractivity contribution is -0.118. The highest BCUT2D eigenvalue weighted by molar-refractivity contribution is 6.04. The first-order valence-electron chi connectivity index (χ1n) is 9.93. The molecule has 2 aromatic carbocycles. The van der Waals surface area contributed by atoms with Crippen LogP contribution in [0, 0.1) is 13.8 Å². The number of hydrogen-bond donors (Lipinski definition) is 1. The molecule has 5 heteroatoms. The second-order valence-corrected chi connectivity index (χ2v) is 7.31. The van der Waals surface area contributed by atoms with Crippen LogP contribution in [0.1, 0.15) is 47.2 Å². The minimum Gasteiger partial charge on any atom is -0.483 e. The molecule has 1 N–H and O–H groups in total. The Morgan fingerprint density at radius 1 is 0.929 bits per heavy atom. The highest BCUT2D eigenvalue weighted by atomic mass is 16.5. The molecule has 0 saturated carbocycles. The van der Waals surface area contributed by atoms with Crippen LogP contribution in [-0.4, -0.2) is 36.4 Å². The third kappa shape index (κ3) is 4.91. The van der Waals surface area contributed by atoms with Crippen LogP contribution in [0.25, 0.3) is 0 Å². The summed E-state index contributed by atoms with van der Waals surface area (Å²) in [4.78, 5) is 27.3. The van der Waals surface area contributed by atoms with Crippen LogP contribution in [0.15, 0.2) is 42.5 Å². The van der Waals surface area contributed by atoms with Crippen molar-refractivity contribution in [1.82, 2.24) is 4.90 Å². The predicted octanol–water partition coefficient (Wildman–Crippen LogP) is 4.34. The summed E-state index contributed by atoms with van der Waals surface area (Å²) in [6.45, 7) is 5.36. The van der Waals surface area contributed by atoms with E-state index in [0.29, 0.717) is 11.3 Å². The maximum absolute atomic E-state index is 13.0. The number of carbonyl (C=O) groups is 2. The van der Waals surface area contributed by atoms with Gasteiger partial charge < -0.3 is 15.0 Å². The average molecular weight is 380 g/mol. The van der Waals surface area contributed by atoms with E-state index in [1.807, 2.05) is 49.1 Å². The topological polar surface area (TPSA) is 58.6 Å². The van der Waals surface area contributed by atoms with Crippen molar-refractivity contribution in [2.45, 2.75) is 39.5 Å². The van der Waals surface area contributed by atoms with E-state index >= 15 is 0 Å². The molecular formula is C23H28N2O3. The highest BCUT2D eigenvalue weighted by Crippen LogP contribution is 2.23. The number of benzene rings is 2.